The van der Waals surface area contributed by atoms with Crippen LogP contribution in [0.15, 0.2) is 0 Å². The molecule has 1 atom stereocenters. The number of likely N-dealkylation sites (tertiary alicyclic amines) is 1. The van der Waals surface area contributed by atoms with Gasteiger partial charge in [0.05, 0.1) is 17.2 Å². The van der Waals surface area contributed by atoms with E-state index in [0.29, 0.717) is 6.04 Å². The Kier molecular flexibility index (Phi) is 5.81. The molecule has 1 aromatic heterocycles. The molecule has 0 aromatic carbocycles. The van der Waals surface area contributed by atoms with Crippen LogP contribution in [0.25, 0.3) is 0 Å². The van der Waals surface area contributed by atoms with Gasteiger partial charge in [-0.1, -0.05) is 31.6 Å². The first-order valence-electron chi connectivity index (χ1n) is 7.74. The van der Waals surface area contributed by atoms with E-state index < -0.39 is 0 Å². The number of hydrogen-bond donors (Lipinski definition) is 1. The summed E-state index contributed by atoms with van der Waals surface area (Å²) in [6.45, 7) is 7.92. The lowest BCUT2D eigenvalue weighted by atomic mass is 10.2. The minimum absolute atomic E-state index is 0.116. The zero-order valence-corrected chi connectivity index (χ0v) is 13.7. The van der Waals surface area contributed by atoms with E-state index in [0.717, 1.165) is 41.6 Å². The highest BCUT2D eigenvalue weighted by atomic mass is 32.1. The summed E-state index contributed by atoms with van der Waals surface area (Å²) in [5.74, 6) is 0. The first kappa shape index (κ1) is 15.7. The quantitative estimate of drug-likeness (QED) is 0.839. The lowest BCUT2D eigenvalue weighted by molar-refractivity contribution is 0.270. The van der Waals surface area contributed by atoms with Gasteiger partial charge in [-0.15, -0.1) is 0 Å². The van der Waals surface area contributed by atoms with Crippen molar-refractivity contribution in [1.82, 2.24) is 9.88 Å². The van der Waals surface area contributed by atoms with Gasteiger partial charge in [0, 0.05) is 19.6 Å². The molecule has 4 nitrogen and oxygen atoms in total. The lowest BCUT2D eigenvalue weighted by Crippen LogP contribution is -2.38. The molecule has 1 aliphatic rings. The van der Waals surface area contributed by atoms with Gasteiger partial charge in [-0.25, -0.2) is 4.98 Å². The molecule has 1 N–H and O–H groups in total. The SMILES string of the molecule is CCCc1nc(N(C)CC2CCCN2CC)sc1CO. The van der Waals surface area contributed by atoms with Crippen molar-refractivity contribution in [2.75, 3.05) is 31.6 Å². The van der Waals surface area contributed by atoms with Gasteiger partial charge in [-0.3, -0.25) is 4.90 Å². The third-order valence-electron chi connectivity index (χ3n) is 4.11. The molecule has 1 unspecified atom stereocenters. The van der Waals surface area contributed by atoms with Crippen molar-refractivity contribution in [2.45, 2.75) is 52.2 Å². The zero-order chi connectivity index (χ0) is 14.5. The molecular formula is C15H27N3OS. The molecule has 1 fully saturated rings. The summed E-state index contributed by atoms with van der Waals surface area (Å²) >= 11 is 1.65. The monoisotopic (exact) mass is 297 g/mol. The van der Waals surface area contributed by atoms with Crippen molar-refractivity contribution in [1.29, 1.82) is 0 Å². The topological polar surface area (TPSA) is 39.6 Å². The predicted octanol–water partition coefficient (Wildman–Crippen LogP) is 2.51. The fraction of sp³-hybridized carbons (Fsp3) is 0.800. The minimum atomic E-state index is 0.116. The molecule has 0 radical (unpaired) electrons. The lowest BCUT2D eigenvalue weighted by Gasteiger charge is -2.27. The second-order valence-electron chi connectivity index (χ2n) is 5.58. The first-order chi connectivity index (χ1) is 9.69. The van der Waals surface area contributed by atoms with Crippen LogP contribution in [0, 0.1) is 0 Å². The molecule has 5 heteroatoms. The molecule has 0 saturated carbocycles. The molecule has 114 valence electrons. The summed E-state index contributed by atoms with van der Waals surface area (Å²) in [7, 11) is 2.13. The Morgan fingerprint density at radius 3 is 2.90 bits per heavy atom. The van der Waals surface area contributed by atoms with E-state index in [1.54, 1.807) is 11.3 Å². The molecule has 0 aliphatic carbocycles. The van der Waals surface area contributed by atoms with Crippen LogP contribution in [0.5, 0.6) is 0 Å². The normalized spacial score (nSPS) is 19.7. The van der Waals surface area contributed by atoms with Gasteiger partial charge in [0.2, 0.25) is 0 Å². The van der Waals surface area contributed by atoms with Crippen molar-refractivity contribution in [3.63, 3.8) is 0 Å². The smallest absolute Gasteiger partial charge is 0.185 e. The van der Waals surface area contributed by atoms with E-state index in [1.165, 1.54) is 19.4 Å². The number of likely N-dealkylation sites (N-methyl/N-ethyl adjacent to an activating group) is 2. The number of aromatic nitrogens is 1. The molecule has 0 amide bonds. The van der Waals surface area contributed by atoms with Crippen LogP contribution < -0.4 is 4.90 Å². The fourth-order valence-electron chi connectivity index (χ4n) is 3.00. The standard InChI is InChI=1S/C15H27N3OS/c1-4-7-13-14(11-19)20-15(16-13)17(3)10-12-8-6-9-18(12)5-2/h12,19H,4-11H2,1-3H3. The summed E-state index contributed by atoms with van der Waals surface area (Å²) in [5, 5.41) is 10.5. The summed E-state index contributed by atoms with van der Waals surface area (Å²) < 4.78 is 0. The number of rotatable bonds is 7. The van der Waals surface area contributed by atoms with Crippen LogP contribution in [-0.4, -0.2) is 47.7 Å². The molecule has 20 heavy (non-hydrogen) atoms. The highest BCUT2D eigenvalue weighted by Gasteiger charge is 2.25. The van der Waals surface area contributed by atoms with Crippen LogP contribution in [-0.2, 0) is 13.0 Å². The van der Waals surface area contributed by atoms with Crippen LogP contribution in [0.2, 0.25) is 0 Å². The van der Waals surface area contributed by atoms with Crippen LogP contribution in [0.3, 0.4) is 0 Å². The van der Waals surface area contributed by atoms with Gasteiger partial charge in [0.25, 0.3) is 0 Å². The Hall–Kier alpha value is -0.650. The molecular weight excluding hydrogens is 270 g/mol. The number of anilines is 1. The number of aliphatic hydroxyl groups is 1. The van der Waals surface area contributed by atoms with Crippen molar-refractivity contribution >= 4 is 16.5 Å². The number of nitrogens with zero attached hydrogens (tertiary/aromatic N) is 3. The Labute approximate surface area is 126 Å². The van der Waals surface area contributed by atoms with Crippen molar-refractivity contribution in [2.24, 2.45) is 0 Å². The maximum Gasteiger partial charge on any atom is 0.185 e. The number of hydrogen-bond acceptors (Lipinski definition) is 5. The molecule has 2 heterocycles. The third kappa shape index (κ3) is 3.51. The van der Waals surface area contributed by atoms with Crippen molar-refractivity contribution in [3.05, 3.63) is 10.6 Å². The molecule has 0 bridgehead atoms. The van der Waals surface area contributed by atoms with Crippen molar-refractivity contribution < 1.29 is 5.11 Å². The van der Waals surface area contributed by atoms with E-state index in [-0.39, 0.29) is 6.61 Å². The van der Waals surface area contributed by atoms with E-state index in [2.05, 4.69) is 30.7 Å². The average molecular weight is 297 g/mol. The summed E-state index contributed by atoms with van der Waals surface area (Å²) in [5.41, 5.74) is 1.08. The molecule has 1 saturated heterocycles. The second kappa shape index (κ2) is 7.38. The van der Waals surface area contributed by atoms with Gasteiger partial charge >= 0.3 is 0 Å². The highest BCUT2D eigenvalue weighted by Crippen LogP contribution is 2.28. The Morgan fingerprint density at radius 1 is 1.45 bits per heavy atom. The molecule has 0 spiro atoms. The molecule has 2 rings (SSSR count). The maximum atomic E-state index is 9.45. The van der Waals surface area contributed by atoms with Crippen LogP contribution in [0.4, 0.5) is 5.13 Å². The van der Waals surface area contributed by atoms with E-state index >= 15 is 0 Å². The van der Waals surface area contributed by atoms with Gasteiger partial charge in [-0.2, -0.15) is 0 Å². The second-order valence-corrected chi connectivity index (χ2v) is 6.64. The molecule has 1 aliphatic heterocycles. The van der Waals surface area contributed by atoms with Gasteiger partial charge in [0.15, 0.2) is 5.13 Å². The van der Waals surface area contributed by atoms with Crippen LogP contribution >= 0.6 is 11.3 Å². The number of aliphatic hydroxyl groups excluding tert-OH is 1. The van der Waals surface area contributed by atoms with E-state index in [4.69, 9.17) is 4.98 Å². The Bertz CT molecular complexity index is 421. The molecule has 1 aromatic rings. The zero-order valence-electron chi connectivity index (χ0n) is 12.9. The number of aryl methyl sites for hydroxylation is 1. The maximum absolute atomic E-state index is 9.45. The van der Waals surface area contributed by atoms with Gasteiger partial charge < -0.3 is 10.0 Å². The minimum Gasteiger partial charge on any atom is -0.391 e. The highest BCUT2D eigenvalue weighted by molar-refractivity contribution is 7.15. The average Bonchev–Trinajstić information content (AvgIpc) is 3.05. The van der Waals surface area contributed by atoms with Gasteiger partial charge in [0.1, 0.15) is 0 Å². The van der Waals surface area contributed by atoms with Gasteiger partial charge in [-0.05, 0) is 32.4 Å². The van der Waals surface area contributed by atoms with Crippen molar-refractivity contribution in [3.8, 4) is 0 Å². The predicted molar refractivity (Wildman–Crippen MR) is 85.6 cm³/mol. The fourth-order valence-corrected chi connectivity index (χ4v) is 3.94. The number of thiazole rings is 1. The third-order valence-corrected chi connectivity index (χ3v) is 5.31. The van der Waals surface area contributed by atoms with Crippen LogP contribution in [0.1, 0.15) is 43.7 Å². The Morgan fingerprint density at radius 2 is 2.25 bits per heavy atom. The van der Waals surface area contributed by atoms with E-state index in [9.17, 15) is 5.11 Å². The summed E-state index contributed by atoms with van der Waals surface area (Å²) in [6, 6.07) is 0.654. The summed E-state index contributed by atoms with van der Waals surface area (Å²) in [4.78, 5) is 10.6. The Balaban J connectivity index is 2.03. The first-order valence-corrected chi connectivity index (χ1v) is 8.55. The summed E-state index contributed by atoms with van der Waals surface area (Å²) in [6.07, 6.45) is 4.64. The van der Waals surface area contributed by atoms with E-state index in [1.807, 2.05) is 0 Å². The largest absolute Gasteiger partial charge is 0.391 e.